The second-order valence-electron chi connectivity index (χ2n) is 0.943. The van der Waals surface area contributed by atoms with Crippen LogP contribution in [0.15, 0.2) is 0 Å². The molecule has 0 aliphatic carbocycles. The summed E-state index contributed by atoms with van der Waals surface area (Å²) in [5, 5.41) is 0. The topological polar surface area (TPSA) is 43.4 Å². The SMILES string of the molecule is CCS(=O)(=O)OP. The van der Waals surface area contributed by atoms with Crippen LogP contribution in [0.3, 0.4) is 0 Å². The van der Waals surface area contributed by atoms with Crippen LogP contribution in [-0.4, -0.2) is 14.2 Å². The van der Waals surface area contributed by atoms with E-state index >= 15 is 0 Å². The Morgan fingerprint density at radius 1 is 1.71 bits per heavy atom. The third-order valence-electron chi connectivity index (χ3n) is 0.500. The summed E-state index contributed by atoms with van der Waals surface area (Å²) in [4.78, 5) is 0. The molecule has 0 saturated heterocycles. The van der Waals surface area contributed by atoms with Crippen LogP contribution in [-0.2, 0) is 14.1 Å². The van der Waals surface area contributed by atoms with Crippen molar-refractivity contribution in [3.05, 3.63) is 0 Å². The summed E-state index contributed by atoms with van der Waals surface area (Å²) in [5.41, 5.74) is 0. The molecule has 1 unspecified atom stereocenters. The average Bonchev–Trinajstić information content (AvgIpc) is 1.68. The fourth-order valence-corrected chi connectivity index (χ4v) is 0.612. The minimum atomic E-state index is -3.19. The van der Waals surface area contributed by atoms with E-state index in [9.17, 15) is 8.42 Å². The summed E-state index contributed by atoms with van der Waals surface area (Å²) in [6.07, 6.45) is 0. The van der Waals surface area contributed by atoms with E-state index in [0.29, 0.717) is 0 Å². The van der Waals surface area contributed by atoms with Crippen molar-refractivity contribution in [1.29, 1.82) is 0 Å². The lowest BCUT2D eigenvalue weighted by Crippen LogP contribution is -1.99. The highest BCUT2D eigenvalue weighted by Gasteiger charge is 2.00. The van der Waals surface area contributed by atoms with Gasteiger partial charge < -0.3 is 0 Å². The molecule has 3 nitrogen and oxygen atoms in total. The summed E-state index contributed by atoms with van der Waals surface area (Å²) in [6, 6.07) is 0. The zero-order chi connectivity index (χ0) is 5.91. The molecule has 0 aliphatic rings. The van der Waals surface area contributed by atoms with Crippen LogP contribution in [0.5, 0.6) is 0 Å². The first kappa shape index (κ1) is 7.34. The van der Waals surface area contributed by atoms with Gasteiger partial charge in [0, 0.05) is 9.47 Å². The van der Waals surface area contributed by atoms with Gasteiger partial charge >= 0.3 is 0 Å². The fraction of sp³-hybridized carbons (Fsp3) is 1.00. The van der Waals surface area contributed by atoms with Gasteiger partial charge in [-0.25, -0.2) is 0 Å². The van der Waals surface area contributed by atoms with Gasteiger partial charge in [-0.15, -0.1) is 0 Å². The van der Waals surface area contributed by atoms with Crippen molar-refractivity contribution in [3.8, 4) is 0 Å². The molecule has 0 aromatic carbocycles. The van der Waals surface area contributed by atoms with Crippen molar-refractivity contribution in [2.45, 2.75) is 6.92 Å². The fourth-order valence-electron chi connectivity index (χ4n) is 0.0680. The first-order valence-corrected chi connectivity index (χ1v) is 3.78. The maximum Gasteiger partial charge on any atom is 0.269 e. The quantitative estimate of drug-likeness (QED) is 0.515. The summed E-state index contributed by atoms with van der Waals surface area (Å²) in [6.45, 7) is 1.51. The third-order valence-corrected chi connectivity index (χ3v) is 2.38. The van der Waals surface area contributed by atoms with E-state index in [1.54, 1.807) is 9.47 Å². The molecule has 1 atom stereocenters. The molecule has 0 saturated carbocycles. The summed E-state index contributed by atoms with van der Waals surface area (Å²) < 4.78 is 24.2. The molecular weight excluding hydrogens is 135 g/mol. The maximum absolute atomic E-state index is 10.1. The molecule has 0 aromatic heterocycles. The van der Waals surface area contributed by atoms with Crippen LogP contribution in [0, 0.1) is 0 Å². The van der Waals surface area contributed by atoms with Crippen LogP contribution >= 0.6 is 9.47 Å². The van der Waals surface area contributed by atoms with Crippen molar-refractivity contribution in [1.82, 2.24) is 0 Å². The Hall–Kier alpha value is 0.340. The lowest BCUT2D eigenvalue weighted by Gasteiger charge is -1.90. The van der Waals surface area contributed by atoms with Crippen molar-refractivity contribution >= 4 is 19.6 Å². The van der Waals surface area contributed by atoms with E-state index in [1.165, 1.54) is 6.92 Å². The third kappa shape index (κ3) is 2.97. The van der Waals surface area contributed by atoms with Gasteiger partial charge in [-0.1, -0.05) is 0 Å². The van der Waals surface area contributed by atoms with Gasteiger partial charge in [0.05, 0.1) is 5.75 Å². The van der Waals surface area contributed by atoms with Gasteiger partial charge in [-0.2, -0.15) is 8.42 Å². The van der Waals surface area contributed by atoms with Crippen molar-refractivity contribution in [3.63, 3.8) is 0 Å². The van der Waals surface area contributed by atoms with E-state index in [-0.39, 0.29) is 5.75 Å². The van der Waals surface area contributed by atoms with E-state index in [1.807, 2.05) is 0 Å². The minimum Gasteiger partial charge on any atom is -0.254 e. The molecule has 44 valence electrons. The molecular formula is C2H7O3PS. The van der Waals surface area contributed by atoms with Crippen LogP contribution in [0.2, 0.25) is 0 Å². The van der Waals surface area contributed by atoms with Gasteiger partial charge in [0.15, 0.2) is 0 Å². The molecule has 0 rings (SSSR count). The molecule has 5 heteroatoms. The minimum absolute atomic E-state index is 0.0243. The monoisotopic (exact) mass is 142 g/mol. The van der Waals surface area contributed by atoms with Crippen LogP contribution < -0.4 is 0 Å². The average molecular weight is 142 g/mol. The van der Waals surface area contributed by atoms with E-state index in [2.05, 4.69) is 3.97 Å². The second kappa shape index (κ2) is 2.60. The van der Waals surface area contributed by atoms with Gasteiger partial charge in [0.1, 0.15) is 0 Å². The molecule has 0 radical (unpaired) electrons. The van der Waals surface area contributed by atoms with Gasteiger partial charge in [-0.3, -0.25) is 3.97 Å². The van der Waals surface area contributed by atoms with Gasteiger partial charge in [0.25, 0.3) is 10.1 Å². The molecule has 7 heavy (non-hydrogen) atoms. The van der Waals surface area contributed by atoms with E-state index in [0.717, 1.165) is 0 Å². The summed E-state index contributed by atoms with van der Waals surface area (Å²) in [7, 11) is -1.51. The normalized spacial score (nSPS) is 11.7. The van der Waals surface area contributed by atoms with Crippen LogP contribution in [0.4, 0.5) is 0 Å². The molecule has 0 aromatic rings. The Balaban J connectivity index is 3.89. The number of hydrogen-bond donors (Lipinski definition) is 0. The highest BCUT2D eigenvalue weighted by atomic mass is 32.2. The standard InChI is InChI=1S/C2H7O3PS/c1-2-7(3,4)5-6/h2,6H2,1H3. The van der Waals surface area contributed by atoms with Crippen molar-refractivity contribution in [2.24, 2.45) is 0 Å². The maximum atomic E-state index is 10.1. The highest BCUT2D eigenvalue weighted by molar-refractivity contribution is 7.88. The second-order valence-corrected chi connectivity index (χ2v) is 3.41. The van der Waals surface area contributed by atoms with Gasteiger partial charge in [-0.05, 0) is 6.92 Å². The van der Waals surface area contributed by atoms with Crippen molar-refractivity contribution in [2.75, 3.05) is 5.75 Å². The lowest BCUT2D eigenvalue weighted by molar-refractivity contribution is 0.519. The molecule has 0 spiro atoms. The zero-order valence-electron chi connectivity index (χ0n) is 3.92. The van der Waals surface area contributed by atoms with E-state index < -0.39 is 10.1 Å². The summed E-state index contributed by atoms with van der Waals surface area (Å²) >= 11 is 0. The molecule has 0 bridgehead atoms. The number of hydrogen-bond acceptors (Lipinski definition) is 3. The molecule has 0 aliphatic heterocycles. The van der Waals surface area contributed by atoms with Crippen LogP contribution in [0.1, 0.15) is 6.92 Å². The largest absolute Gasteiger partial charge is 0.269 e. The Morgan fingerprint density at radius 3 is 2.14 bits per heavy atom. The van der Waals surface area contributed by atoms with Gasteiger partial charge in [0.2, 0.25) is 0 Å². The van der Waals surface area contributed by atoms with Crippen LogP contribution in [0.25, 0.3) is 0 Å². The zero-order valence-corrected chi connectivity index (χ0v) is 5.89. The first-order valence-electron chi connectivity index (χ1n) is 1.73. The smallest absolute Gasteiger partial charge is 0.254 e. The highest BCUT2D eigenvalue weighted by Crippen LogP contribution is 1.96. The molecule has 0 amide bonds. The summed E-state index contributed by atoms with van der Waals surface area (Å²) in [5.74, 6) is 0.0243. The molecule has 0 N–H and O–H groups in total. The molecule has 0 fully saturated rings. The Kier molecular flexibility index (Phi) is 2.73. The Morgan fingerprint density at radius 2 is 2.14 bits per heavy atom. The van der Waals surface area contributed by atoms with Crippen molar-refractivity contribution < 1.29 is 12.4 Å². The number of rotatable bonds is 2. The van der Waals surface area contributed by atoms with E-state index in [4.69, 9.17) is 0 Å². The predicted molar refractivity (Wildman–Crippen MR) is 30.3 cm³/mol. The molecule has 0 heterocycles. The Labute approximate surface area is 45.5 Å². The first-order chi connectivity index (χ1) is 3.12. The lowest BCUT2D eigenvalue weighted by atomic mass is 11.0. The Bertz CT molecular complexity index is 116. The predicted octanol–water partition coefficient (Wildman–Crippen LogP) is 0.143.